The van der Waals surface area contributed by atoms with Crippen LogP contribution in [0.5, 0.6) is 11.5 Å². The lowest BCUT2D eigenvalue weighted by molar-refractivity contribution is -0.119. The summed E-state index contributed by atoms with van der Waals surface area (Å²) in [4.78, 5) is 16.0. The lowest BCUT2D eigenvalue weighted by Crippen LogP contribution is -2.34. The zero-order chi connectivity index (χ0) is 14.8. The molecule has 0 radical (unpaired) electrons. The maximum Gasteiger partial charge on any atom is 0.239 e. The summed E-state index contributed by atoms with van der Waals surface area (Å²) in [6.07, 6.45) is 1.70. The van der Waals surface area contributed by atoms with Crippen LogP contribution in [0.2, 0.25) is 0 Å². The first kappa shape index (κ1) is 13.5. The van der Waals surface area contributed by atoms with Gasteiger partial charge in [0.25, 0.3) is 0 Å². The molecule has 0 unspecified atom stereocenters. The number of anilines is 1. The SMILES string of the molecule is CC(C)NC(=O)CNc1nccc2cc3c(cc12)OCO3. The molecule has 0 saturated heterocycles. The lowest BCUT2D eigenvalue weighted by Gasteiger charge is -2.11. The molecule has 2 heterocycles. The number of ether oxygens (including phenoxy) is 2. The van der Waals surface area contributed by atoms with E-state index in [1.807, 2.05) is 32.0 Å². The highest BCUT2D eigenvalue weighted by Crippen LogP contribution is 2.37. The second-order valence-corrected chi connectivity index (χ2v) is 5.16. The van der Waals surface area contributed by atoms with E-state index in [0.717, 1.165) is 16.5 Å². The first-order valence-electron chi connectivity index (χ1n) is 6.85. The van der Waals surface area contributed by atoms with Gasteiger partial charge >= 0.3 is 0 Å². The third-order valence-electron chi connectivity index (χ3n) is 3.12. The smallest absolute Gasteiger partial charge is 0.239 e. The fourth-order valence-corrected chi connectivity index (χ4v) is 2.24. The quantitative estimate of drug-likeness (QED) is 0.898. The number of nitrogens with one attached hydrogen (secondary N) is 2. The van der Waals surface area contributed by atoms with Gasteiger partial charge in [0.1, 0.15) is 5.82 Å². The van der Waals surface area contributed by atoms with Crippen LogP contribution < -0.4 is 20.1 Å². The molecular weight excluding hydrogens is 270 g/mol. The van der Waals surface area contributed by atoms with Gasteiger partial charge in [0.15, 0.2) is 11.5 Å². The first-order chi connectivity index (χ1) is 10.1. The highest BCUT2D eigenvalue weighted by atomic mass is 16.7. The summed E-state index contributed by atoms with van der Waals surface area (Å²) in [5.41, 5.74) is 0. The van der Waals surface area contributed by atoms with Crippen molar-refractivity contribution in [3.05, 3.63) is 24.4 Å². The molecule has 0 aliphatic carbocycles. The van der Waals surface area contributed by atoms with Crippen molar-refractivity contribution in [3.63, 3.8) is 0 Å². The molecule has 0 bridgehead atoms. The van der Waals surface area contributed by atoms with E-state index >= 15 is 0 Å². The van der Waals surface area contributed by atoms with E-state index in [1.54, 1.807) is 6.20 Å². The average molecular weight is 287 g/mol. The molecule has 6 nitrogen and oxygen atoms in total. The van der Waals surface area contributed by atoms with Crippen LogP contribution >= 0.6 is 0 Å². The molecule has 110 valence electrons. The molecule has 2 aromatic rings. The number of hydrogen-bond donors (Lipinski definition) is 2. The highest BCUT2D eigenvalue weighted by molar-refractivity contribution is 5.95. The topological polar surface area (TPSA) is 72.5 Å². The number of pyridine rings is 1. The van der Waals surface area contributed by atoms with E-state index in [4.69, 9.17) is 9.47 Å². The average Bonchev–Trinajstić information content (AvgIpc) is 2.89. The van der Waals surface area contributed by atoms with Gasteiger partial charge in [-0.25, -0.2) is 4.98 Å². The van der Waals surface area contributed by atoms with Gasteiger partial charge in [-0.05, 0) is 37.4 Å². The molecule has 0 atom stereocenters. The molecule has 1 aliphatic heterocycles. The molecule has 0 saturated carbocycles. The standard InChI is InChI=1S/C15H17N3O3/c1-9(2)18-14(19)7-17-15-11-6-13-12(20-8-21-13)5-10(11)3-4-16-15/h3-6,9H,7-8H2,1-2H3,(H,16,17)(H,18,19). The van der Waals surface area contributed by atoms with Crippen molar-refractivity contribution in [1.82, 2.24) is 10.3 Å². The lowest BCUT2D eigenvalue weighted by atomic mass is 10.1. The fraction of sp³-hybridized carbons (Fsp3) is 0.333. The monoisotopic (exact) mass is 287 g/mol. The predicted octanol–water partition coefficient (Wildman–Crippen LogP) is 1.90. The number of amides is 1. The number of benzene rings is 1. The van der Waals surface area contributed by atoms with Crippen LogP contribution in [-0.4, -0.2) is 30.3 Å². The largest absolute Gasteiger partial charge is 0.454 e. The predicted molar refractivity (Wildman–Crippen MR) is 79.6 cm³/mol. The van der Waals surface area contributed by atoms with Crippen LogP contribution in [0.4, 0.5) is 5.82 Å². The Hall–Kier alpha value is -2.50. The van der Waals surface area contributed by atoms with Gasteiger partial charge in [-0.15, -0.1) is 0 Å². The highest BCUT2D eigenvalue weighted by Gasteiger charge is 2.16. The number of nitrogens with zero attached hydrogens (tertiary/aromatic N) is 1. The summed E-state index contributed by atoms with van der Waals surface area (Å²) < 4.78 is 10.7. The van der Waals surface area contributed by atoms with Crippen LogP contribution in [0.25, 0.3) is 10.8 Å². The summed E-state index contributed by atoms with van der Waals surface area (Å²) >= 11 is 0. The Morgan fingerprint density at radius 3 is 2.86 bits per heavy atom. The number of hydrogen-bond acceptors (Lipinski definition) is 5. The maximum absolute atomic E-state index is 11.7. The summed E-state index contributed by atoms with van der Waals surface area (Å²) in [5, 5.41) is 7.78. The van der Waals surface area contributed by atoms with Crippen LogP contribution in [0.1, 0.15) is 13.8 Å². The van der Waals surface area contributed by atoms with E-state index in [9.17, 15) is 4.79 Å². The van der Waals surface area contributed by atoms with Gasteiger partial charge in [0, 0.05) is 17.6 Å². The maximum atomic E-state index is 11.7. The van der Waals surface area contributed by atoms with Crippen molar-refractivity contribution in [2.24, 2.45) is 0 Å². The number of aromatic nitrogens is 1. The summed E-state index contributed by atoms with van der Waals surface area (Å²) in [5.74, 6) is 2.02. The molecular formula is C15H17N3O3. The Balaban J connectivity index is 1.84. The minimum absolute atomic E-state index is 0.0652. The Morgan fingerprint density at radius 2 is 2.10 bits per heavy atom. The van der Waals surface area contributed by atoms with E-state index in [-0.39, 0.29) is 25.3 Å². The third-order valence-corrected chi connectivity index (χ3v) is 3.12. The molecule has 21 heavy (non-hydrogen) atoms. The molecule has 0 fully saturated rings. The van der Waals surface area contributed by atoms with Crippen molar-refractivity contribution in [2.45, 2.75) is 19.9 Å². The third kappa shape index (κ3) is 2.84. The number of rotatable bonds is 4. The van der Waals surface area contributed by atoms with Gasteiger partial charge in [-0.3, -0.25) is 4.79 Å². The van der Waals surface area contributed by atoms with E-state index in [1.165, 1.54) is 0 Å². The number of carbonyl (C=O) groups is 1. The summed E-state index contributed by atoms with van der Waals surface area (Å²) in [6, 6.07) is 5.82. The van der Waals surface area contributed by atoms with Crippen molar-refractivity contribution in [1.29, 1.82) is 0 Å². The molecule has 1 aromatic heterocycles. The van der Waals surface area contributed by atoms with Crippen molar-refractivity contribution in [2.75, 3.05) is 18.7 Å². The fourth-order valence-electron chi connectivity index (χ4n) is 2.24. The van der Waals surface area contributed by atoms with E-state index in [0.29, 0.717) is 11.6 Å². The van der Waals surface area contributed by atoms with E-state index in [2.05, 4.69) is 15.6 Å². The summed E-state index contributed by atoms with van der Waals surface area (Å²) in [6.45, 7) is 4.26. The molecule has 1 amide bonds. The van der Waals surface area contributed by atoms with Gasteiger partial charge in [0.05, 0.1) is 6.54 Å². The van der Waals surface area contributed by atoms with Crippen LogP contribution in [0.15, 0.2) is 24.4 Å². The van der Waals surface area contributed by atoms with Crippen molar-refractivity contribution in [3.8, 4) is 11.5 Å². The normalized spacial score (nSPS) is 12.7. The molecule has 6 heteroatoms. The van der Waals surface area contributed by atoms with Crippen LogP contribution in [0.3, 0.4) is 0 Å². The summed E-state index contributed by atoms with van der Waals surface area (Å²) in [7, 11) is 0. The molecule has 3 rings (SSSR count). The van der Waals surface area contributed by atoms with Gasteiger partial charge < -0.3 is 20.1 Å². The first-order valence-corrected chi connectivity index (χ1v) is 6.85. The van der Waals surface area contributed by atoms with Gasteiger partial charge in [-0.1, -0.05) is 0 Å². The van der Waals surface area contributed by atoms with Gasteiger partial charge in [0.2, 0.25) is 12.7 Å². The molecule has 1 aromatic carbocycles. The number of fused-ring (bicyclic) bond motifs is 2. The molecule has 2 N–H and O–H groups in total. The zero-order valence-electron chi connectivity index (χ0n) is 12.0. The Morgan fingerprint density at radius 1 is 1.33 bits per heavy atom. The van der Waals surface area contributed by atoms with Crippen molar-refractivity contribution < 1.29 is 14.3 Å². The van der Waals surface area contributed by atoms with Crippen molar-refractivity contribution >= 4 is 22.5 Å². The zero-order valence-corrected chi connectivity index (χ0v) is 12.0. The molecule has 0 spiro atoms. The van der Waals surface area contributed by atoms with Gasteiger partial charge in [-0.2, -0.15) is 0 Å². The van der Waals surface area contributed by atoms with Crippen LogP contribution in [-0.2, 0) is 4.79 Å². The number of carbonyl (C=O) groups excluding carboxylic acids is 1. The van der Waals surface area contributed by atoms with E-state index < -0.39 is 0 Å². The van der Waals surface area contributed by atoms with Crippen LogP contribution in [0, 0.1) is 0 Å². The molecule has 1 aliphatic rings. The second-order valence-electron chi connectivity index (χ2n) is 5.16. The Kier molecular flexibility index (Phi) is 3.51. The minimum atomic E-state index is -0.0652. The minimum Gasteiger partial charge on any atom is -0.454 e. The second kappa shape index (κ2) is 5.47. The Bertz CT molecular complexity index is 685. The Labute approximate surface area is 122 Å².